The van der Waals surface area contributed by atoms with Crippen LogP contribution in [0.25, 0.3) is 11.3 Å². The number of nitrogens with one attached hydrogen (secondary N) is 4. The average molecular weight is 712 g/mol. The molecule has 274 valence electrons. The summed E-state index contributed by atoms with van der Waals surface area (Å²) in [5.74, 6) is -0.774. The topological polar surface area (TPSA) is 193 Å². The first kappa shape index (κ1) is 37.4. The summed E-state index contributed by atoms with van der Waals surface area (Å²) in [6, 6.07) is 13.6. The van der Waals surface area contributed by atoms with Crippen molar-refractivity contribution in [3.8, 4) is 11.3 Å². The van der Waals surface area contributed by atoms with Gasteiger partial charge >= 0.3 is 0 Å². The van der Waals surface area contributed by atoms with E-state index in [1.807, 2.05) is 44.2 Å². The molecule has 0 saturated carbocycles. The van der Waals surface area contributed by atoms with Crippen LogP contribution >= 0.6 is 0 Å². The molecule has 0 fully saturated rings. The minimum atomic E-state index is -0.980. The van der Waals surface area contributed by atoms with Crippen molar-refractivity contribution >= 4 is 29.5 Å². The average Bonchev–Trinajstić information content (AvgIpc) is 3.79. The first-order valence-electron chi connectivity index (χ1n) is 17.4. The summed E-state index contributed by atoms with van der Waals surface area (Å²) in [5, 5.41) is 15.9. The van der Waals surface area contributed by atoms with Crippen LogP contribution in [0.5, 0.6) is 0 Å². The molecule has 0 aliphatic carbocycles. The number of carbonyl (C=O) groups excluding carboxylic acids is 5. The Bertz CT molecular complexity index is 1840. The minimum Gasteiger partial charge on any atom is -0.444 e. The van der Waals surface area contributed by atoms with Crippen molar-refractivity contribution < 1.29 is 28.4 Å². The lowest BCUT2D eigenvalue weighted by molar-refractivity contribution is -0.132. The van der Waals surface area contributed by atoms with Gasteiger partial charge in [0, 0.05) is 43.6 Å². The lowest BCUT2D eigenvalue weighted by Gasteiger charge is -2.27. The highest BCUT2D eigenvalue weighted by molar-refractivity contribution is 5.95. The van der Waals surface area contributed by atoms with Gasteiger partial charge in [0.1, 0.15) is 24.5 Å². The van der Waals surface area contributed by atoms with E-state index in [4.69, 9.17) is 4.42 Å². The predicted molar refractivity (Wildman–Crippen MR) is 190 cm³/mol. The highest BCUT2D eigenvalue weighted by atomic mass is 16.3. The molecule has 3 atom stereocenters. The summed E-state index contributed by atoms with van der Waals surface area (Å²) in [5.41, 5.74) is 2.01. The third kappa shape index (κ3) is 9.89. The zero-order valence-corrected chi connectivity index (χ0v) is 29.8. The van der Waals surface area contributed by atoms with Crippen LogP contribution in [0.2, 0.25) is 0 Å². The number of amides is 5. The van der Waals surface area contributed by atoms with Crippen molar-refractivity contribution in [3.63, 3.8) is 0 Å². The Morgan fingerprint density at radius 1 is 0.942 bits per heavy atom. The summed E-state index contributed by atoms with van der Waals surface area (Å²) < 4.78 is 6.82. The fourth-order valence-corrected chi connectivity index (χ4v) is 5.92. The van der Waals surface area contributed by atoms with E-state index < -0.39 is 29.9 Å². The molecule has 1 aliphatic rings. The molecule has 0 bridgehead atoms. The van der Waals surface area contributed by atoms with Crippen LogP contribution in [-0.4, -0.2) is 85.9 Å². The van der Waals surface area contributed by atoms with E-state index in [2.05, 4.69) is 36.3 Å². The Balaban J connectivity index is 1.39. The number of hydrogen-bond donors (Lipinski definition) is 4. The Kier molecular flexibility index (Phi) is 12.5. The second-order valence-electron chi connectivity index (χ2n) is 13.1. The number of nitrogens with zero attached hydrogens (tertiary/aromatic N) is 5. The van der Waals surface area contributed by atoms with Crippen LogP contribution in [-0.2, 0) is 32.1 Å². The summed E-state index contributed by atoms with van der Waals surface area (Å²) in [6.07, 6.45) is 3.45. The summed E-state index contributed by atoms with van der Waals surface area (Å²) in [6.45, 7) is 7.43. The zero-order valence-electron chi connectivity index (χ0n) is 29.8. The number of aromatic nitrogens is 4. The van der Waals surface area contributed by atoms with E-state index in [0.29, 0.717) is 29.4 Å². The molecule has 0 saturated heterocycles. The van der Waals surface area contributed by atoms with Crippen LogP contribution < -0.4 is 21.3 Å². The van der Waals surface area contributed by atoms with E-state index in [1.54, 1.807) is 49.2 Å². The number of hydrogen-bond acceptors (Lipinski definition) is 9. The Labute approximate surface area is 302 Å². The van der Waals surface area contributed by atoms with E-state index in [9.17, 15) is 24.0 Å². The number of benzene rings is 2. The first-order valence-corrected chi connectivity index (χ1v) is 17.4. The van der Waals surface area contributed by atoms with Crippen molar-refractivity contribution in [1.29, 1.82) is 0 Å². The maximum absolute atomic E-state index is 13.9. The molecule has 0 spiro atoms. The molecule has 52 heavy (non-hydrogen) atoms. The minimum absolute atomic E-state index is 0.0383. The third-order valence-corrected chi connectivity index (χ3v) is 8.70. The number of rotatable bonds is 5. The van der Waals surface area contributed by atoms with Gasteiger partial charge in [-0.1, -0.05) is 56.3 Å². The Morgan fingerprint density at radius 3 is 2.38 bits per heavy atom. The molecular formula is C37H45N9O6. The zero-order chi connectivity index (χ0) is 37.2. The first-order chi connectivity index (χ1) is 25.0. The van der Waals surface area contributed by atoms with Crippen molar-refractivity contribution in [1.82, 2.24) is 45.9 Å². The van der Waals surface area contributed by atoms with Gasteiger partial charge in [-0.05, 0) is 43.9 Å². The maximum Gasteiger partial charge on any atom is 0.253 e. The van der Waals surface area contributed by atoms with Crippen LogP contribution in [0.3, 0.4) is 0 Å². The van der Waals surface area contributed by atoms with Crippen molar-refractivity contribution in [2.75, 3.05) is 19.6 Å². The molecule has 3 heterocycles. The van der Waals surface area contributed by atoms with Gasteiger partial charge < -0.3 is 30.6 Å². The highest BCUT2D eigenvalue weighted by Crippen LogP contribution is 2.22. The number of oxazole rings is 1. The van der Waals surface area contributed by atoms with E-state index in [0.717, 1.165) is 11.1 Å². The van der Waals surface area contributed by atoms with Crippen LogP contribution in [0.15, 0.2) is 71.6 Å². The molecule has 4 N–H and O–H groups in total. The second-order valence-corrected chi connectivity index (χ2v) is 13.1. The van der Waals surface area contributed by atoms with Gasteiger partial charge in [0.05, 0.1) is 12.2 Å². The maximum atomic E-state index is 13.9. The monoisotopic (exact) mass is 711 g/mol. The molecule has 5 amide bonds. The van der Waals surface area contributed by atoms with Crippen LogP contribution in [0.1, 0.15) is 67.2 Å². The van der Waals surface area contributed by atoms with Crippen molar-refractivity contribution in [2.24, 2.45) is 5.92 Å². The highest BCUT2D eigenvalue weighted by Gasteiger charge is 2.31. The van der Waals surface area contributed by atoms with Gasteiger partial charge in [0.2, 0.25) is 23.6 Å². The summed E-state index contributed by atoms with van der Waals surface area (Å²) in [7, 11) is 0. The van der Waals surface area contributed by atoms with Gasteiger partial charge in [0.15, 0.2) is 18.0 Å². The number of carbonyl (C=O) groups is 5. The quantitative estimate of drug-likeness (QED) is 0.241. The molecule has 2 aromatic carbocycles. The fraction of sp³-hybridized carbons (Fsp3) is 0.405. The van der Waals surface area contributed by atoms with Crippen LogP contribution in [0.4, 0.5) is 0 Å². The molecule has 5 rings (SSSR count). The lowest BCUT2D eigenvalue weighted by atomic mass is 10.0. The predicted octanol–water partition coefficient (Wildman–Crippen LogP) is 2.34. The lowest BCUT2D eigenvalue weighted by Crippen LogP contribution is -2.54. The summed E-state index contributed by atoms with van der Waals surface area (Å²) >= 11 is 0. The SMILES string of the molecule is Cc1nc2n(n1)CC(=O)NCCN(C(=O)c1ccc(-c3cnco3)cc1)CCCC(=O)N[C@@H](C)C(=O)N[C@H](Cc1ccccc1)C(=O)N[C@H]2C(C)C. The van der Waals surface area contributed by atoms with Gasteiger partial charge in [0.25, 0.3) is 5.91 Å². The second kappa shape index (κ2) is 17.4. The Hall–Kier alpha value is -5.86. The van der Waals surface area contributed by atoms with E-state index >= 15 is 0 Å². The third-order valence-electron chi connectivity index (χ3n) is 8.70. The smallest absolute Gasteiger partial charge is 0.253 e. The molecule has 15 heteroatoms. The summed E-state index contributed by atoms with van der Waals surface area (Å²) in [4.78, 5) is 77.2. The molecule has 2 aromatic heterocycles. The van der Waals surface area contributed by atoms with Gasteiger partial charge in [-0.25, -0.2) is 14.6 Å². The molecular weight excluding hydrogens is 666 g/mol. The standard InChI is InChI=1S/C37H45N9O6/c1-23(2)33-34-41-25(4)44-46(34)21-32(48)39-16-18-45(37(51)28-14-12-27(13-15-28)30-20-38-22-52-30)17-8-11-31(47)40-24(3)35(49)42-29(36(50)43-33)19-26-9-6-5-7-10-26/h5-7,9-10,12-15,20,22-24,29,33H,8,11,16-19,21H2,1-4H3,(H,39,48)(H,40,47)(H,42,49)(H,43,50)/t24-,29+,33-/m0/s1. The molecule has 0 unspecified atom stereocenters. The van der Waals surface area contributed by atoms with E-state index in [-0.39, 0.29) is 62.7 Å². The van der Waals surface area contributed by atoms with Gasteiger partial charge in [-0.15, -0.1) is 0 Å². The van der Waals surface area contributed by atoms with Crippen molar-refractivity contribution in [3.05, 3.63) is 90.0 Å². The number of aryl methyl sites for hydroxylation is 1. The van der Waals surface area contributed by atoms with Gasteiger partial charge in [-0.3, -0.25) is 24.0 Å². The molecule has 0 radical (unpaired) electrons. The molecule has 1 aliphatic heterocycles. The normalized spacial score (nSPS) is 19.9. The molecule has 4 aromatic rings. The molecule has 15 nitrogen and oxygen atoms in total. The number of fused-ring (bicyclic) bond motifs is 1. The van der Waals surface area contributed by atoms with Gasteiger partial charge in [-0.2, -0.15) is 5.10 Å². The van der Waals surface area contributed by atoms with Crippen LogP contribution in [0, 0.1) is 12.8 Å². The van der Waals surface area contributed by atoms with E-state index in [1.165, 1.54) is 11.1 Å². The van der Waals surface area contributed by atoms with Crippen molar-refractivity contribution in [2.45, 2.75) is 71.6 Å². The Morgan fingerprint density at radius 2 is 1.69 bits per heavy atom. The fourth-order valence-electron chi connectivity index (χ4n) is 5.92. The largest absolute Gasteiger partial charge is 0.444 e.